The summed E-state index contributed by atoms with van der Waals surface area (Å²) in [7, 11) is 0. The summed E-state index contributed by atoms with van der Waals surface area (Å²) in [6.07, 6.45) is -3.08. The van der Waals surface area contributed by atoms with Gasteiger partial charge < -0.3 is 21.0 Å². The van der Waals surface area contributed by atoms with Gasteiger partial charge in [-0.15, -0.1) is 0 Å². The Morgan fingerprint density at radius 1 is 1.67 bits per heavy atom. The van der Waals surface area contributed by atoms with Gasteiger partial charge in [0.15, 0.2) is 0 Å². The lowest BCUT2D eigenvalue weighted by Gasteiger charge is -2.06. The lowest BCUT2D eigenvalue weighted by Crippen LogP contribution is -2.06. The predicted molar refractivity (Wildman–Crippen MR) is 46.2 cm³/mol. The molecule has 0 atom stereocenters. The number of pyridine rings is 1. The number of alkyl halides is 2. The Hall–Kier alpha value is -1.83. The van der Waals surface area contributed by atoms with Crippen molar-refractivity contribution in [3.8, 4) is 0 Å². The Balaban J connectivity index is 3.47. The molecular formula is C7H7F2N3O3. The fourth-order valence-corrected chi connectivity index (χ4v) is 1.12. The number of rotatable bonds is 3. The molecule has 0 aromatic carbocycles. The predicted octanol–water partition coefficient (Wildman–Crippen LogP) is 1.00. The maximum atomic E-state index is 12.5. The zero-order valence-electron chi connectivity index (χ0n) is 7.35. The summed E-state index contributed by atoms with van der Waals surface area (Å²) >= 11 is 0. The summed E-state index contributed by atoms with van der Waals surface area (Å²) in [5.74, 6) is -1.30. The van der Waals surface area contributed by atoms with Gasteiger partial charge in [0.1, 0.15) is 5.56 Å². The van der Waals surface area contributed by atoms with Crippen molar-refractivity contribution in [3.63, 3.8) is 0 Å². The van der Waals surface area contributed by atoms with Gasteiger partial charge >= 0.3 is 5.82 Å². The second-order valence-electron chi connectivity index (χ2n) is 2.66. The Morgan fingerprint density at radius 3 is 2.67 bits per heavy atom. The molecule has 0 saturated carbocycles. The number of nitrogens with two attached hydrogens (primary N) is 1. The highest BCUT2D eigenvalue weighted by molar-refractivity contribution is 5.48. The molecule has 6 nitrogen and oxygen atoms in total. The molecule has 3 N–H and O–H groups in total. The summed E-state index contributed by atoms with van der Waals surface area (Å²) in [5.41, 5.74) is 3.99. The van der Waals surface area contributed by atoms with E-state index < -0.39 is 29.3 Å². The lowest BCUT2D eigenvalue weighted by atomic mass is 10.1. The van der Waals surface area contributed by atoms with Gasteiger partial charge in [-0.3, -0.25) is 0 Å². The van der Waals surface area contributed by atoms with Crippen LogP contribution in [0.1, 0.15) is 17.6 Å². The standard InChI is InChI=1S/C7H7F2N3O3/c8-6(9)5-3(2-13)1-4(10)11-7(5)12(14)15/h1,6,13H,2H2,(H2,10,11). The number of hydrogen-bond acceptors (Lipinski definition) is 5. The van der Waals surface area contributed by atoms with Crippen LogP contribution in [0.2, 0.25) is 0 Å². The highest BCUT2D eigenvalue weighted by Crippen LogP contribution is 2.31. The van der Waals surface area contributed by atoms with E-state index in [9.17, 15) is 18.9 Å². The molecule has 0 aliphatic heterocycles. The average molecular weight is 219 g/mol. The first-order valence-corrected chi connectivity index (χ1v) is 3.80. The summed E-state index contributed by atoms with van der Waals surface area (Å²) in [5, 5.41) is 19.2. The maximum Gasteiger partial charge on any atom is 0.375 e. The third-order valence-electron chi connectivity index (χ3n) is 1.71. The van der Waals surface area contributed by atoms with Crippen molar-refractivity contribution in [2.75, 3.05) is 5.73 Å². The number of nitro groups is 1. The quantitative estimate of drug-likeness (QED) is 0.583. The van der Waals surface area contributed by atoms with Gasteiger partial charge in [0.2, 0.25) is 5.82 Å². The Kier molecular flexibility index (Phi) is 3.10. The molecule has 82 valence electrons. The fourth-order valence-electron chi connectivity index (χ4n) is 1.12. The van der Waals surface area contributed by atoms with E-state index in [1.54, 1.807) is 0 Å². The van der Waals surface area contributed by atoms with Gasteiger partial charge in [-0.25, -0.2) is 8.78 Å². The van der Waals surface area contributed by atoms with Crippen molar-refractivity contribution < 1.29 is 18.8 Å². The van der Waals surface area contributed by atoms with Gasteiger partial charge in [-0.2, -0.15) is 0 Å². The maximum absolute atomic E-state index is 12.5. The topological polar surface area (TPSA) is 102 Å². The number of aromatic nitrogens is 1. The van der Waals surface area contributed by atoms with E-state index >= 15 is 0 Å². The molecule has 1 rings (SSSR count). The largest absolute Gasteiger partial charge is 0.392 e. The fraction of sp³-hybridized carbons (Fsp3) is 0.286. The van der Waals surface area contributed by atoms with Crippen LogP contribution in [-0.4, -0.2) is 15.0 Å². The molecule has 0 bridgehead atoms. The highest BCUT2D eigenvalue weighted by atomic mass is 19.3. The average Bonchev–Trinajstić information content (AvgIpc) is 2.15. The molecule has 0 amide bonds. The molecule has 8 heteroatoms. The van der Waals surface area contributed by atoms with Gasteiger partial charge in [-0.1, -0.05) is 0 Å². The summed E-state index contributed by atoms with van der Waals surface area (Å²) < 4.78 is 24.9. The van der Waals surface area contributed by atoms with Gasteiger partial charge in [0.25, 0.3) is 6.43 Å². The SMILES string of the molecule is Nc1cc(CO)c(C(F)F)c([N+](=O)[O-])n1. The van der Waals surface area contributed by atoms with Crippen LogP contribution in [-0.2, 0) is 6.61 Å². The van der Waals surface area contributed by atoms with E-state index in [-0.39, 0.29) is 11.4 Å². The van der Waals surface area contributed by atoms with Crippen molar-refractivity contribution in [2.45, 2.75) is 13.0 Å². The first kappa shape index (κ1) is 11.2. The van der Waals surface area contributed by atoms with Gasteiger partial charge in [0.05, 0.1) is 6.61 Å². The highest BCUT2D eigenvalue weighted by Gasteiger charge is 2.27. The van der Waals surface area contributed by atoms with Gasteiger partial charge in [-0.05, 0) is 9.91 Å². The van der Waals surface area contributed by atoms with Crippen molar-refractivity contribution in [1.82, 2.24) is 4.98 Å². The molecule has 0 saturated heterocycles. The number of halogens is 2. The molecule has 0 aliphatic carbocycles. The number of aliphatic hydroxyl groups is 1. The van der Waals surface area contributed by atoms with Crippen molar-refractivity contribution in [1.29, 1.82) is 0 Å². The molecule has 0 unspecified atom stereocenters. The minimum atomic E-state index is -3.08. The minimum absolute atomic E-state index is 0.282. The minimum Gasteiger partial charge on any atom is -0.392 e. The lowest BCUT2D eigenvalue weighted by molar-refractivity contribution is -0.391. The molecule has 15 heavy (non-hydrogen) atoms. The smallest absolute Gasteiger partial charge is 0.375 e. The number of nitrogen functional groups attached to an aromatic ring is 1. The van der Waals surface area contributed by atoms with Crippen molar-refractivity contribution in [2.24, 2.45) is 0 Å². The van der Waals surface area contributed by atoms with Crippen LogP contribution >= 0.6 is 0 Å². The van der Waals surface area contributed by atoms with Gasteiger partial charge in [0, 0.05) is 11.6 Å². The Morgan fingerprint density at radius 2 is 2.27 bits per heavy atom. The first-order valence-electron chi connectivity index (χ1n) is 3.80. The molecule has 1 aromatic heterocycles. The van der Waals surface area contributed by atoms with Crippen LogP contribution < -0.4 is 5.73 Å². The first-order chi connectivity index (χ1) is 6.97. The second kappa shape index (κ2) is 4.13. The molecule has 1 heterocycles. The van der Waals surface area contributed by atoms with E-state index in [1.807, 2.05) is 0 Å². The number of anilines is 1. The third-order valence-corrected chi connectivity index (χ3v) is 1.71. The third kappa shape index (κ3) is 2.15. The van der Waals surface area contributed by atoms with E-state index in [4.69, 9.17) is 10.8 Å². The molecule has 0 radical (unpaired) electrons. The van der Waals surface area contributed by atoms with Crippen LogP contribution in [0.25, 0.3) is 0 Å². The number of hydrogen-bond donors (Lipinski definition) is 2. The van der Waals surface area contributed by atoms with E-state index in [2.05, 4.69) is 4.98 Å². The van der Waals surface area contributed by atoms with E-state index in [0.717, 1.165) is 6.07 Å². The number of nitrogens with zero attached hydrogens (tertiary/aromatic N) is 2. The molecule has 1 aromatic rings. The molecule has 0 aliphatic rings. The monoisotopic (exact) mass is 219 g/mol. The van der Waals surface area contributed by atoms with Crippen LogP contribution in [0.15, 0.2) is 6.07 Å². The summed E-state index contributed by atoms with van der Waals surface area (Å²) in [6, 6.07) is 0.981. The summed E-state index contributed by atoms with van der Waals surface area (Å²) in [4.78, 5) is 12.6. The second-order valence-corrected chi connectivity index (χ2v) is 2.66. The van der Waals surface area contributed by atoms with E-state index in [0.29, 0.717) is 0 Å². The summed E-state index contributed by atoms with van der Waals surface area (Å²) in [6.45, 7) is -0.757. The van der Waals surface area contributed by atoms with Crippen molar-refractivity contribution >= 4 is 11.6 Å². The number of aliphatic hydroxyl groups excluding tert-OH is 1. The zero-order valence-corrected chi connectivity index (χ0v) is 7.35. The van der Waals surface area contributed by atoms with Crippen LogP contribution in [0.5, 0.6) is 0 Å². The van der Waals surface area contributed by atoms with Crippen LogP contribution in [0.4, 0.5) is 20.4 Å². The van der Waals surface area contributed by atoms with E-state index in [1.165, 1.54) is 0 Å². The van der Waals surface area contributed by atoms with Crippen molar-refractivity contribution in [3.05, 3.63) is 27.3 Å². The normalized spacial score (nSPS) is 10.7. The molecule has 0 spiro atoms. The Bertz CT molecular complexity index is 397. The molecule has 0 fully saturated rings. The van der Waals surface area contributed by atoms with Crippen LogP contribution in [0.3, 0.4) is 0 Å². The zero-order chi connectivity index (χ0) is 11.6. The molecular weight excluding hydrogens is 212 g/mol. The van der Waals surface area contributed by atoms with Crippen LogP contribution in [0, 0.1) is 10.1 Å². The Labute approximate surface area is 82.5 Å².